The van der Waals surface area contributed by atoms with Crippen LogP contribution < -0.4 is 5.73 Å². The Bertz CT molecular complexity index is 1310. The number of benzene rings is 1. The average Bonchev–Trinajstić information content (AvgIpc) is 3.15. The molecule has 186 valence electrons. The SMILES string of the molecule is Cc1nn(C(C)(CC#N)C(N)=NC2C3CC4CC2CC(C(=O)O)(C4)C3)c(C)c1-c1ccc(C#N)cc1. The molecule has 0 saturated heterocycles. The van der Waals surface area contributed by atoms with Crippen molar-refractivity contribution in [3.05, 3.63) is 41.2 Å². The van der Waals surface area contributed by atoms with Gasteiger partial charge in [-0.25, -0.2) is 0 Å². The van der Waals surface area contributed by atoms with E-state index in [4.69, 9.17) is 21.1 Å². The Morgan fingerprint density at radius 1 is 1.22 bits per heavy atom. The molecular formula is C28H32N6O2. The zero-order valence-corrected chi connectivity index (χ0v) is 21.0. The maximum atomic E-state index is 12.1. The zero-order valence-electron chi connectivity index (χ0n) is 21.0. The van der Waals surface area contributed by atoms with Crippen molar-refractivity contribution in [3.63, 3.8) is 0 Å². The van der Waals surface area contributed by atoms with Crippen molar-refractivity contribution in [1.82, 2.24) is 9.78 Å². The average molecular weight is 485 g/mol. The monoisotopic (exact) mass is 484 g/mol. The molecule has 0 radical (unpaired) electrons. The summed E-state index contributed by atoms with van der Waals surface area (Å²) in [7, 11) is 0. The molecule has 8 heteroatoms. The molecule has 3 N–H and O–H groups in total. The summed E-state index contributed by atoms with van der Waals surface area (Å²) >= 11 is 0. The Morgan fingerprint density at radius 2 is 1.86 bits per heavy atom. The topological polar surface area (TPSA) is 141 Å². The maximum Gasteiger partial charge on any atom is 0.309 e. The van der Waals surface area contributed by atoms with Crippen LogP contribution in [-0.4, -0.2) is 32.7 Å². The molecule has 4 bridgehead atoms. The molecule has 3 atom stereocenters. The van der Waals surface area contributed by atoms with Gasteiger partial charge >= 0.3 is 5.97 Å². The van der Waals surface area contributed by atoms with Gasteiger partial charge in [0, 0.05) is 11.3 Å². The van der Waals surface area contributed by atoms with Gasteiger partial charge in [-0.05, 0) is 88.3 Å². The highest BCUT2D eigenvalue weighted by atomic mass is 16.4. The van der Waals surface area contributed by atoms with Crippen LogP contribution in [0.5, 0.6) is 0 Å². The fourth-order valence-electron chi connectivity index (χ4n) is 7.45. The molecular weight excluding hydrogens is 452 g/mol. The summed E-state index contributed by atoms with van der Waals surface area (Å²) in [6, 6.07) is 11.8. The maximum absolute atomic E-state index is 12.1. The first-order valence-corrected chi connectivity index (χ1v) is 12.6. The Hall–Kier alpha value is -3.65. The standard InChI is InChI=1S/C28H32N6O2/c1-16-23(20-6-4-18(15-30)5-7-20)17(2)34(33-16)27(3,8-9-29)25(31)32-24-21-10-19-11-22(24)14-28(12-19,13-21)26(35)36/h4-7,19,21-22,24H,8,10-14H2,1-3H3,(H2,31,32)(H,35,36). The van der Waals surface area contributed by atoms with Crippen LogP contribution in [0.4, 0.5) is 0 Å². The highest BCUT2D eigenvalue weighted by Crippen LogP contribution is 2.61. The lowest BCUT2D eigenvalue weighted by molar-refractivity contribution is -0.166. The van der Waals surface area contributed by atoms with Crippen molar-refractivity contribution in [2.75, 3.05) is 0 Å². The van der Waals surface area contributed by atoms with Crippen molar-refractivity contribution in [3.8, 4) is 23.3 Å². The number of nitrogens with two attached hydrogens (primary N) is 1. The normalized spacial score (nSPS) is 30.4. The third-order valence-corrected chi connectivity index (χ3v) is 9.00. The molecule has 6 rings (SSSR count). The van der Waals surface area contributed by atoms with Crippen LogP contribution >= 0.6 is 0 Å². The van der Waals surface area contributed by atoms with Gasteiger partial charge in [0.05, 0.1) is 41.3 Å². The highest BCUT2D eigenvalue weighted by Gasteiger charge is 2.59. The Labute approximate surface area is 211 Å². The number of nitriles is 2. The Balaban J connectivity index is 1.51. The first-order valence-electron chi connectivity index (χ1n) is 12.6. The number of aliphatic carboxylic acids is 1. The number of amidine groups is 1. The van der Waals surface area contributed by atoms with Crippen LogP contribution in [-0.2, 0) is 10.3 Å². The van der Waals surface area contributed by atoms with Crippen LogP contribution in [0, 0.1) is 59.7 Å². The smallest absolute Gasteiger partial charge is 0.309 e. The predicted octanol–water partition coefficient (Wildman–Crippen LogP) is 4.30. The van der Waals surface area contributed by atoms with Gasteiger partial charge in [0.2, 0.25) is 0 Å². The second-order valence-electron chi connectivity index (χ2n) is 11.3. The van der Waals surface area contributed by atoms with Crippen LogP contribution in [0.15, 0.2) is 29.3 Å². The minimum absolute atomic E-state index is 0.0120. The lowest BCUT2D eigenvalue weighted by Crippen LogP contribution is -2.56. The molecule has 0 spiro atoms. The van der Waals surface area contributed by atoms with E-state index in [1.165, 1.54) is 0 Å². The number of carboxylic acids is 1. The number of hydrogen-bond donors (Lipinski definition) is 2. The number of hydrogen-bond acceptors (Lipinski definition) is 5. The van der Waals surface area contributed by atoms with E-state index in [-0.39, 0.29) is 24.3 Å². The number of aliphatic imine (C=N–C) groups is 1. The molecule has 4 aliphatic rings. The van der Waals surface area contributed by atoms with Gasteiger partial charge in [0.15, 0.2) is 0 Å². The summed E-state index contributed by atoms with van der Waals surface area (Å²) in [5, 5.41) is 33.7. The van der Waals surface area contributed by atoms with Gasteiger partial charge in [0.1, 0.15) is 11.4 Å². The summed E-state index contributed by atoms with van der Waals surface area (Å²) in [6.45, 7) is 5.81. The van der Waals surface area contributed by atoms with E-state index in [9.17, 15) is 15.2 Å². The van der Waals surface area contributed by atoms with Gasteiger partial charge in [-0.2, -0.15) is 15.6 Å². The summed E-state index contributed by atoms with van der Waals surface area (Å²) in [5.41, 5.74) is 9.38. The van der Waals surface area contributed by atoms with Crippen LogP contribution in [0.2, 0.25) is 0 Å². The molecule has 4 saturated carbocycles. The number of carboxylic acid groups (broad SMARTS) is 1. The Kier molecular flexibility index (Phi) is 5.67. The van der Waals surface area contributed by atoms with E-state index >= 15 is 0 Å². The van der Waals surface area contributed by atoms with E-state index in [0.717, 1.165) is 41.8 Å². The molecule has 0 amide bonds. The molecule has 3 unspecified atom stereocenters. The summed E-state index contributed by atoms with van der Waals surface area (Å²) in [5.74, 6) is 0.606. The van der Waals surface area contributed by atoms with Crippen LogP contribution in [0.3, 0.4) is 0 Å². The van der Waals surface area contributed by atoms with Gasteiger partial charge < -0.3 is 10.8 Å². The van der Waals surface area contributed by atoms with Crippen molar-refractivity contribution >= 4 is 11.8 Å². The van der Waals surface area contributed by atoms with E-state index < -0.39 is 16.9 Å². The van der Waals surface area contributed by atoms with E-state index in [1.807, 2.05) is 37.6 Å². The van der Waals surface area contributed by atoms with Crippen molar-refractivity contribution in [2.45, 2.75) is 70.9 Å². The van der Waals surface area contributed by atoms with Crippen molar-refractivity contribution in [2.24, 2.45) is 33.9 Å². The quantitative estimate of drug-likeness (QED) is 0.462. The third kappa shape index (κ3) is 3.59. The lowest BCUT2D eigenvalue weighted by atomic mass is 9.48. The van der Waals surface area contributed by atoms with E-state index in [0.29, 0.717) is 30.2 Å². The van der Waals surface area contributed by atoms with Crippen molar-refractivity contribution < 1.29 is 9.90 Å². The fourth-order valence-corrected chi connectivity index (χ4v) is 7.45. The molecule has 0 aliphatic heterocycles. The number of aromatic nitrogens is 2. The summed E-state index contributed by atoms with van der Waals surface area (Å²) < 4.78 is 1.83. The molecule has 4 fully saturated rings. The summed E-state index contributed by atoms with van der Waals surface area (Å²) in [4.78, 5) is 17.2. The number of nitrogens with zero attached hydrogens (tertiary/aromatic N) is 5. The van der Waals surface area contributed by atoms with Gasteiger partial charge in [-0.15, -0.1) is 0 Å². The molecule has 8 nitrogen and oxygen atoms in total. The van der Waals surface area contributed by atoms with Gasteiger partial charge in [-0.3, -0.25) is 14.5 Å². The molecule has 1 aromatic heterocycles. The molecule has 2 aromatic rings. The second kappa shape index (κ2) is 8.48. The predicted molar refractivity (Wildman–Crippen MR) is 135 cm³/mol. The lowest BCUT2D eigenvalue weighted by Gasteiger charge is -2.57. The minimum Gasteiger partial charge on any atom is -0.481 e. The first-order chi connectivity index (χ1) is 17.1. The summed E-state index contributed by atoms with van der Waals surface area (Å²) in [6.07, 6.45) is 4.23. The molecule has 1 aromatic carbocycles. The minimum atomic E-state index is -0.937. The number of aryl methyl sites for hydroxylation is 1. The first kappa shape index (κ1) is 24.1. The fraction of sp³-hybridized carbons (Fsp3) is 0.536. The van der Waals surface area contributed by atoms with E-state index in [1.54, 1.807) is 12.1 Å². The van der Waals surface area contributed by atoms with Crippen LogP contribution in [0.25, 0.3) is 11.1 Å². The molecule has 1 heterocycles. The third-order valence-electron chi connectivity index (χ3n) is 9.00. The molecule has 36 heavy (non-hydrogen) atoms. The molecule has 4 aliphatic carbocycles. The van der Waals surface area contributed by atoms with Crippen molar-refractivity contribution in [1.29, 1.82) is 10.5 Å². The largest absolute Gasteiger partial charge is 0.481 e. The highest BCUT2D eigenvalue weighted by molar-refractivity contribution is 5.89. The van der Waals surface area contributed by atoms with Gasteiger partial charge in [-0.1, -0.05) is 12.1 Å². The number of carbonyl (C=O) groups is 1. The van der Waals surface area contributed by atoms with E-state index in [2.05, 4.69) is 12.1 Å². The van der Waals surface area contributed by atoms with Crippen LogP contribution in [0.1, 0.15) is 62.4 Å². The number of rotatable bonds is 6. The zero-order chi connectivity index (χ0) is 25.8. The second-order valence-corrected chi connectivity index (χ2v) is 11.3. The van der Waals surface area contributed by atoms with Gasteiger partial charge in [0.25, 0.3) is 0 Å². The Morgan fingerprint density at radius 3 is 2.42 bits per heavy atom.